The molecule has 2 rings (SSSR count). The second kappa shape index (κ2) is 4.48. The number of thioether (sulfide) groups is 1. The Bertz CT molecular complexity index is 349. The van der Waals surface area contributed by atoms with Crippen molar-refractivity contribution in [3.63, 3.8) is 0 Å². The van der Waals surface area contributed by atoms with Gasteiger partial charge < -0.3 is 4.90 Å². The van der Waals surface area contributed by atoms with Crippen molar-refractivity contribution in [1.29, 1.82) is 0 Å². The summed E-state index contributed by atoms with van der Waals surface area (Å²) in [6.45, 7) is 1.94. The van der Waals surface area contributed by atoms with Crippen molar-refractivity contribution < 1.29 is 4.92 Å². The van der Waals surface area contributed by atoms with E-state index >= 15 is 0 Å². The number of nitrogens with zero attached hydrogens (tertiary/aromatic N) is 3. The molecule has 0 aromatic carbocycles. The molecule has 2 heterocycles. The first-order chi connectivity index (χ1) is 7.27. The Kier molecular flexibility index (Phi) is 3.05. The Hall–Kier alpha value is -1.30. The molecule has 1 aromatic heterocycles. The molecule has 0 saturated carbocycles. The Labute approximate surface area is 91.6 Å². The zero-order chi connectivity index (χ0) is 10.7. The molecule has 0 atom stereocenters. The van der Waals surface area contributed by atoms with E-state index in [4.69, 9.17) is 0 Å². The van der Waals surface area contributed by atoms with Crippen molar-refractivity contribution >= 4 is 23.3 Å². The maximum Gasteiger partial charge on any atom is 0.287 e. The first-order valence-corrected chi connectivity index (χ1v) is 5.86. The summed E-state index contributed by atoms with van der Waals surface area (Å²) in [5.74, 6) is 3.03. The van der Waals surface area contributed by atoms with E-state index in [0.29, 0.717) is 0 Å². The van der Waals surface area contributed by atoms with Crippen LogP contribution in [0.15, 0.2) is 18.3 Å². The van der Waals surface area contributed by atoms with Gasteiger partial charge in [0.1, 0.15) is 12.0 Å². The molecule has 0 unspecified atom stereocenters. The molecular formula is C9H11N3O2S. The molecule has 1 saturated heterocycles. The Balaban J connectivity index is 2.11. The summed E-state index contributed by atoms with van der Waals surface area (Å²) in [7, 11) is 0. The van der Waals surface area contributed by atoms with Gasteiger partial charge in [0.05, 0.1) is 4.92 Å². The number of pyridine rings is 1. The van der Waals surface area contributed by atoms with E-state index in [1.54, 1.807) is 6.07 Å². The quantitative estimate of drug-likeness (QED) is 0.564. The summed E-state index contributed by atoms with van der Waals surface area (Å²) in [6.07, 6.45) is 1.32. The van der Waals surface area contributed by atoms with Gasteiger partial charge in [-0.15, -0.1) is 0 Å². The zero-order valence-electron chi connectivity index (χ0n) is 8.13. The van der Waals surface area contributed by atoms with Crippen molar-refractivity contribution in [2.24, 2.45) is 0 Å². The second-order valence-corrected chi connectivity index (χ2v) is 4.46. The summed E-state index contributed by atoms with van der Waals surface area (Å²) in [6, 6.07) is 3.22. The van der Waals surface area contributed by atoms with Gasteiger partial charge >= 0.3 is 0 Å². The van der Waals surface area contributed by atoms with Crippen LogP contribution in [0.25, 0.3) is 0 Å². The lowest BCUT2D eigenvalue weighted by Crippen LogP contribution is -2.32. The average molecular weight is 225 g/mol. The molecule has 1 fully saturated rings. The van der Waals surface area contributed by atoms with Crippen LogP contribution in [-0.2, 0) is 0 Å². The van der Waals surface area contributed by atoms with E-state index in [1.165, 1.54) is 12.3 Å². The standard InChI is InChI=1S/C9H11N3O2S/c13-12(14)8-1-2-9(10-7-8)11-3-5-15-6-4-11/h1-2,7H,3-6H2. The van der Waals surface area contributed by atoms with Crippen LogP contribution in [0.3, 0.4) is 0 Å². The first-order valence-electron chi connectivity index (χ1n) is 4.70. The number of hydrogen-bond donors (Lipinski definition) is 0. The van der Waals surface area contributed by atoms with Gasteiger partial charge in [0.2, 0.25) is 0 Å². The van der Waals surface area contributed by atoms with Crippen LogP contribution in [-0.4, -0.2) is 34.5 Å². The van der Waals surface area contributed by atoms with Gasteiger partial charge in [0, 0.05) is 30.7 Å². The van der Waals surface area contributed by atoms with Crippen LogP contribution >= 0.6 is 11.8 Å². The third-order valence-electron chi connectivity index (χ3n) is 2.28. The molecule has 1 aliphatic rings. The normalized spacial score (nSPS) is 16.4. The molecule has 0 aliphatic carbocycles. The minimum atomic E-state index is -0.428. The second-order valence-electron chi connectivity index (χ2n) is 3.23. The maximum absolute atomic E-state index is 10.4. The maximum atomic E-state index is 10.4. The summed E-state index contributed by atoms with van der Waals surface area (Å²) in [5, 5.41) is 10.4. The summed E-state index contributed by atoms with van der Waals surface area (Å²) < 4.78 is 0. The largest absolute Gasteiger partial charge is 0.355 e. The topological polar surface area (TPSA) is 59.3 Å². The highest BCUT2D eigenvalue weighted by molar-refractivity contribution is 7.99. The summed E-state index contributed by atoms with van der Waals surface area (Å²) >= 11 is 1.92. The van der Waals surface area contributed by atoms with Gasteiger partial charge in [-0.2, -0.15) is 11.8 Å². The van der Waals surface area contributed by atoms with E-state index in [2.05, 4.69) is 9.88 Å². The van der Waals surface area contributed by atoms with E-state index in [-0.39, 0.29) is 5.69 Å². The molecular weight excluding hydrogens is 214 g/mol. The molecule has 6 heteroatoms. The van der Waals surface area contributed by atoms with E-state index in [1.807, 2.05) is 11.8 Å². The Morgan fingerprint density at radius 3 is 2.67 bits per heavy atom. The SMILES string of the molecule is O=[N+]([O-])c1ccc(N2CCSCC2)nc1. The third kappa shape index (κ3) is 2.38. The Morgan fingerprint density at radius 1 is 1.40 bits per heavy atom. The number of hydrogen-bond acceptors (Lipinski definition) is 5. The lowest BCUT2D eigenvalue weighted by atomic mass is 10.4. The smallest absolute Gasteiger partial charge is 0.287 e. The lowest BCUT2D eigenvalue weighted by Gasteiger charge is -2.27. The van der Waals surface area contributed by atoms with E-state index < -0.39 is 4.92 Å². The number of aromatic nitrogens is 1. The van der Waals surface area contributed by atoms with Gasteiger partial charge in [0.25, 0.3) is 5.69 Å². The fraction of sp³-hybridized carbons (Fsp3) is 0.444. The molecule has 0 radical (unpaired) electrons. The number of nitro groups is 1. The minimum absolute atomic E-state index is 0.0464. The van der Waals surface area contributed by atoms with Crippen molar-refractivity contribution in [2.75, 3.05) is 29.5 Å². The third-order valence-corrected chi connectivity index (χ3v) is 3.22. The molecule has 1 aromatic rings. The first kappa shape index (κ1) is 10.2. The molecule has 15 heavy (non-hydrogen) atoms. The molecule has 1 aliphatic heterocycles. The van der Waals surface area contributed by atoms with Crippen molar-refractivity contribution in [3.05, 3.63) is 28.4 Å². The van der Waals surface area contributed by atoms with Gasteiger partial charge in [0.15, 0.2) is 0 Å². The Morgan fingerprint density at radius 2 is 2.13 bits per heavy atom. The van der Waals surface area contributed by atoms with Crippen molar-refractivity contribution in [3.8, 4) is 0 Å². The molecule has 80 valence electrons. The van der Waals surface area contributed by atoms with Crippen molar-refractivity contribution in [2.45, 2.75) is 0 Å². The van der Waals surface area contributed by atoms with E-state index in [9.17, 15) is 10.1 Å². The van der Waals surface area contributed by atoms with Gasteiger partial charge in [-0.1, -0.05) is 0 Å². The van der Waals surface area contributed by atoms with E-state index in [0.717, 1.165) is 30.4 Å². The zero-order valence-corrected chi connectivity index (χ0v) is 8.94. The highest BCUT2D eigenvalue weighted by Crippen LogP contribution is 2.19. The monoisotopic (exact) mass is 225 g/mol. The minimum Gasteiger partial charge on any atom is -0.355 e. The summed E-state index contributed by atoms with van der Waals surface area (Å²) in [4.78, 5) is 16.3. The number of anilines is 1. The van der Waals surface area contributed by atoms with Crippen LogP contribution in [0, 0.1) is 10.1 Å². The molecule has 0 amide bonds. The summed E-state index contributed by atoms with van der Waals surface area (Å²) in [5.41, 5.74) is 0.0464. The van der Waals surface area contributed by atoms with Crippen LogP contribution in [0.5, 0.6) is 0 Å². The molecule has 0 spiro atoms. The van der Waals surface area contributed by atoms with Gasteiger partial charge in [-0.25, -0.2) is 4.98 Å². The van der Waals surface area contributed by atoms with Crippen LogP contribution < -0.4 is 4.90 Å². The number of rotatable bonds is 2. The average Bonchev–Trinajstić information content (AvgIpc) is 2.30. The van der Waals surface area contributed by atoms with Crippen LogP contribution in [0.4, 0.5) is 11.5 Å². The fourth-order valence-corrected chi connectivity index (χ4v) is 2.37. The van der Waals surface area contributed by atoms with Crippen molar-refractivity contribution in [1.82, 2.24) is 4.98 Å². The molecule has 0 bridgehead atoms. The lowest BCUT2D eigenvalue weighted by molar-refractivity contribution is -0.385. The van der Waals surface area contributed by atoms with Crippen LogP contribution in [0.2, 0.25) is 0 Å². The predicted octanol–water partition coefficient (Wildman–Crippen LogP) is 1.54. The molecule has 5 nitrogen and oxygen atoms in total. The predicted molar refractivity (Wildman–Crippen MR) is 60.4 cm³/mol. The van der Waals surface area contributed by atoms with Gasteiger partial charge in [-0.05, 0) is 6.07 Å². The highest BCUT2D eigenvalue weighted by atomic mass is 32.2. The van der Waals surface area contributed by atoms with Gasteiger partial charge in [-0.3, -0.25) is 10.1 Å². The molecule has 0 N–H and O–H groups in total. The highest BCUT2D eigenvalue weighted by Gasteiger charge is 2.13. The van der Waals surface area contributed by atoms with Crippen LogP contribution in [0.1, 0.15) is 0 Å². The fourth-order valence-electron chi connectivity index (χ4n) is 1.47.